The second-order valence-corrected chi connectivity index (χ2v) is 14.6. The van der Waals surface area contributed by atoms with Gasteiger partial charge in [-0.25, -0.2) is 9.59 Å². The van der Waals surface area contributed by atoms with Crippen molar-refractivity contribution in [2.24, 2.45) is 11.7 Å². The summed E-state index contributed by atoms with van der Waals surface area (Å²) >= 11 is 0. The smallest absolute Gasteiger partial charge is 0.408 e. The van der Waals surface area contributed by atoms with Crippen LogP contribution in [0.15, 0.2) is 91.0 Å². The Kier molecular flexibility index (Phi) is 17.7. The zero-order chi connectivity index (χ0) is 42.0. The molecule has 0 saturated carbocycles. The first-order valence-corrected chi connectivity index (χ1v) is 19.6. The van der Waals surface area contributed by atoms with E-state index in [0.29, 0.717) is 25.8 Å². The van der Waals surface area contributed by atoms with Crippen LogP contribution in [0.5, 0.6) is 0 Å². The molecule has 1 saturated heterocycles. The maximum absolute atomic E-state index is 13.9. The number of aliphatic hydroxyl groups is 1. The van der Waals surface area contributed by atoms with E-state index in [9.17, 15) is 33.9 Å². The maximum atomic E-state index is 13.9. The van der Waals surface area contributed by atoms with Gasteiger partial charge in [0.15, 0.2) is 0 Å². The Morgan fingerprint density at radius 3 is 1.95 bits per heavy atom. The lowest BCUT2D eigenvalue weighted by molar-refractivity contribution is -0.145. The largest absolute Gasteiger partial charge is 0.467 e. The van der Waals surface area contributed by atoms with E-state index in [1.807, 2.05) is 85.5 Å². The number of hydrogen-bond donors (Lipinski definition) is 6. The summed E-state index contributed by atoms with van der Waals surface area (Å²) in [5.74, 6) is -3.43. The van der Waals surface area contributed by atoms with Crippen LogP contribution in [0.2, 0.25) is 0 Å². The number of esters is 1. The van der Waals surface area contributed by atoms with Crippen LogP contribution in [0.4, 0.5) is 4.79 Å². The van der Waals surface area contributed by atoms with Gasteiger partial charge in [-0.1, -0.05) is 111 Å². The van der Waals surface area contributed by atoms with Crippen LogP contribution in [0.3, 0.4) is 0 Å². The standard InChI is InChI=1S/C43H56N6O9/c1-4-28(2)38(41(54)46-34(42(55)57-3)24-30-17-10-6-11-18-30)48-40(53)35-21-14-22-49(35)26-36(50)32(23-29-15-8-5-9-16-29)45-39(52)33(25-37(44)51)47-43(56)58-27-31-19-12-7-13-20-31/h5-13,15-20,28,32-36,38,50H,4,14,21-27H2,1-3H3,(H2,44,51)(H,45,52)(H,46,54)(H,47,56)(H,48,53)/t28-,32-,33-,34-,35-,36+,38-/m0/s1. The SMILES string of the molecule is CC[C@H](C)[C@H](NC(=O)[C@@H]1CCCN1C[C@@H](O)[C@H](Cc1ccccc1)NC(=O)[C@H](CC(N)=O)NC(=O)OCc1ccccc1)C(=O)N[C@@H](Cc1ccccc1)C(=O)OC. The first-order chi connectivity index (χ1) is 27.9. The van der Waals surface area contributed by atoms with Crippen LogP contribution in [-0.2, 0) is 52.9 Å². The highest BCUT2D eigenvalue weighted by molar-refractivity contribution is 5.93. The number of β-amino-alcohol motifs (C(OH)–C–C–N with tert-alkyl or cyclic N) is 1. The molecule has 0 bridgehead atoms. The number of rotatable bonds is 21. The van der Waals surface area contributed by atoms with Crippen LogP contribution in [0.1, 0.15) is 56.2 Å². The highest BCUT2D eigenvalue weighted by Crippen LogP contribution is 2.21. The number of benzene rings is 3. The summed E-state index contributed by atoms with van der Waals surface area (Å²) in [5, 5.41) is 22.7. The van der Waals surface area contributed by atoms with Gasteiger partial charge in [0.25, 0.3) is 0 Å². The Hall–Kier alpha value is -5.80. The molecule has 1 heterocycles. The van der Waals surface area contributed by atoms with E-state index in [4.69, 9.17) is 15.2 Å². The number of likely N-dealkylation sites (tertiary alicyclic amines) is 1. The van der Waals surface area contributed by atoms with Gasteiger partial charge in [0.2, 0.25) is 23.6 Å². The zero-order valence-electron chi connectivity index (χ0n) is 33.3. The highest BCUT2D eigenvalue weighted by Gasteiger charge is 2.38. The van der Waals surface area contributed by atoms with Crippen molar-refractivity contribution in [3.05, 3.63) is 108 Å². The molecule has 0 radical (unpaired) electrons. The average Bonchev–Trinajstić information content (AvgIpc) is 3.69. The van der Waals surface area contributed by atoms with Crippen molar-refractivity contribution in [3.63, 3.8) is 0 Å². The fraction of sp³-hybridized carbons (Fsp3) is 0.442. The van der Waals surface area contributed by atoms with Crippen LogP contribution in [0.25, 0.3) is 0 Å². The Labute approximate surface area is 339 Å². The topological polar surface area (TPSA) is 218 Å². The Morgan fingerprint density at radius 1 is 0.793 bits per heavy atom. The number of alkyl carbamates (subject to hydrolysis) is 1. The van der Waals surface area contributed by atoms with Crippen LogP contribution >= 0.6 is 0 Å². The van der Waals surface area contributed by atoms with Gasteiger partial charge in [-0.15, -0.1) is 0 Å². The molecule has 1 fully saturated rings. The quantitative estimate of drug-likeness (QED) is 0.0863. The molecule has 3 aromatic carbocycles. The van der Waals surface area contributed by atoms with E-state index in [2.05, 4.69) is 21.3 Å². The van der Waals surface area contributed by atoms with Gasteiger partial charge in [0.05, 0.1) is 31.7 Å². The normalized spacial score (nSPS) is 17.0. The van der Waals surface area contributed by atoms with Crippen molar-refractivity contribution >= 4 is 35.7 Å². The number of methoxy groups -OCH3 is 1. The number of nitrogens with one attached hydrogen (secondary N) is 4. The Balaban J connectivity index is 1.45. The molecule has 4 rings (SSSR count). The summed E-state index contributed by atoms with van der Waals surface area (Å²) < 4.78 is 10.2. The molecule has 0 aromatic heterocycles. The third kappa shape index (κ3) is 14.0. The predicted octanol–water partition coefficient (Wildman–Crippen LogP) is 2.14. The lowest BCUT2D eigenvalue weighted by Crippen LogP contribution is -2.59. The van der Waals surface area contributed by atoms with Crippen molar-refractivity contribution in [1.82, 2.24) is 26.2 Å². The molecule has 7 N–H and O–H groups in total. The van der Waals surface area contributed by atoms with E-state index in [1.54, 1.807) is 24.3 Å². The zero-order valence-corrected chi connectivity index (χ0v) is 33.3. The molecular formula is C43H56N6O9. The summed E-state index contributed by atoms with van der Waals surface area (Å²) in [6.45, 7) is 4.11. The number of amides is 5. The van der Waals surface area contributed by atoms with Gasteiger partial charge in [-0.2, -0.15) is 0 Å². The number of carbonyl (C=O) groups excluding carboxylic acids is 6. The average molecular weight is 801 g/mol. The molecule has 0 unspecified atom stereocenters. The molecule has 15 nitrogen and oxygen atoms in total. The first kappa shape index (κ1) is 44.9. The molecule has 0 spiro atoms. The lowest BCUT2D eigenvalue weighted by atomic mass is 9.96. The Morgan fingerprint density at radius 2 is 1.38 bits per heavy atom. The second kappa shape index (κ2) is 22.8. The van der Waals surface area contributed by atoms with E-state index in [1.165, 1.54) is 7.11 Å². The molecule has 0 aliphatic carbocycles. The number of aliphatic hydroxyl groups excluding tert-OH is 1. The van der Waals surface area contributed by atoms with E-state index in [-0.39, 0.29) is 31.9 Å². The van der Waals surface area contributed by atoms with Crippen LogP contribution in [0, 0.1) is 5.92 Å². The number of carbonyl (C=O) groups is 6. The number of ether oxygens (including phenoxy) is 2. The number of nitrogens with zero attached hydrogens (tertiary/aromatic N) is 1. The summed E-state index contributed by atoms with van der Waals surface area (Å²) in [6, 6.07) is 22.3. The summed E-state index contributed by atoms with van der Waals surface area (Å²) in [7, 11) is 1.25. The second-order valence-electron chi connectivity index (χ2n) is 14.6. The van der Waals surface area contributed by atoms with Crippen molar-refractivity contribution in [1.29, 1.82) is 0 Å². The van der Waals surface area contributed by atoms with Crippen LogP contribution < -0.4 is 27.0 Å². The fourth-order valence-corrected chi connectivity index (χ4v) is 6.86. The Bertz CT molecular complexity index is 1800. The molecule has 312 valence electrons. The van der Waals surface area contributed by atoms with Gasteiger partial charge < -0.3 is 41.6 Å². The van der Waals surface area contributed by atoms with Gasteiger partial charge in [0.1, 0.15) is 24.7 Å². The molecule has 1 aliphatic rings. The minimum Gasteiger partial charge on any atom is -0.467 e. The molecular weight excluding hydrogens is 745 g/mol. The van der Waals surface area contributed by atoms with Crippen molar-refractivity contribution < 1.29 is 43.3 Å². The molecule has 7 atom stereocenters. The van der Waals surface area contributed by atoms with Gasteiger partial charge in [0, 0.05) is 13.0 Å². The first-order valence-electron chi connectivity index (χ1n) is 19.6. The van der Waals surface area contributed by atoms with E-state index >= 15 is 0 Å². The molecule has 1 aliphatic heterocycles. The fourth-order valence-electron chi connectivity index (χ4n) is 6.86. The monoisotopic (exact) mass is 800 g/mol. The van der Waals surface area contributed by atoms with E-state index in [0.717, 1.165) is 16.7 Å². The van der Waals surface area contributed by atoms with Gasteiger partial charge in [-0.3, -0.25) is 24.1 Å². The third-order valence-electron chi connectivity index (χ3n) is 10.3. The number of hydrogen-bond acceptors (Lipinski definition) is 10. The minimum atomic E-state index is -1.40. The lowest BCUT2D eigenvalue weighted by Gasteiger charge is -2.33. The molecule has 5 amide bonds. The summed E-state index contributed by atoms with van der Waals surface area (Å²) in [5.41, 5.74) is 7.78. The predicted molar refractivity (Wildman–Crippen MR) is 216 cm³/mol. The molecule has 58 heavy (non-hydrogen) atoms. The number of primary amides is 1. The van der Waals surface area contributed by atoms with Crippen LogP contribution in [-0.4, -0.2) is 102 Å². The van der Waals surface area contributed by atoms with Gasteiger partial charge in [-0.05, 0) is 48.4 Å². The van der Waals surface area contributed by atoms with Crippen molar-refractivity contribution in [3.8, 4) is 0 Å². The highest BCUT2D eigenvalue weighted by atomic mass is 16.5. The van der Waals surface area contributed by atoms with Crippen molar-refractivity contribution in [2.45, 2.75) is 95.3 Å². The minimum absolute atomic E-state index is 0.0232. The third-order valence-corrected chi connectivity index (χ3v) is 10.3. The molecule has 15 heteroatoms. The summed E-state index contributed by atoms with van der Waals surface area (Å²) in [4.78, 5) is 80.6. The van der Waals surface area contributed by atoms with Gasteiger partial charge >= 0.3 is 12.1 Å². The molecule has 3 aromatic rings. The maximum Gasteiger partial charge on any atom is 0.408 e. The number of nitrogens with two attached hydrogens (primary N) is 1. The summed E-state index contributed by atoms with van der Waals surface area (Å²) in [6.07, 6.45) is -0.637. The van der Waals surface area contributed by atoms with Crippen molar-refractivity contribution in [2.75, 3.05) is 20.2 Å². The van der Waals surface area contributed by atoms with E-state index < -0.39 is 78.4 Å².